The number of carbonyl (C=O) groups is 1. The highest BCUT2D eigenvalue weighted by atomic mass is 19.1. The summed E-state index contributed by atoms with van der Waals surface area (Å²) < 4.78 is 13.5. The Kier molecular flexibility index (Phi) is 3.93. The van der Waals surface area contributed by atoms with Gasteiger partial charge >= 0.3 is 5.97 Å². The van der Waals surface area contributed by atoms with Crippen LogP contribution in [0.5, 0.6) is 0 Å². The van der Waals surface area contributed by atoms with Crippen molar-refractivity contribution in [3.8, 4) is 0 Å². The van der Waals surface area contributed by atoms with Crippen LogP contribution in [-0.2, 0) is 0 Å². The number of carboxylic acids is 1. The quantitative estimate of drug-likeness (QED) is 0.825. The van der Waals surface area contributed by atoms with Gasteiger partial charge in [0.15, 0.2) is 0 Å². The molecular weight excluding hydrogens is 247 g/mol. The highest BCUT2D eigenvalue weighted by Crippen LogP contribution is 2.33. The average molecular weight is 266 g/mol. The number of nitrogens with zero attached hydrogens (tertiary/aromatic N) is 1. The third kappa shape index (κ3) is 2.50. The Balaban J connectivity index is 2.49. The van der Waals surface area contributed by atoms with E-state index in [2.05, 4.69) is 11.8 Å². The van der Waals surface area contributed by atoms with Crippen molar-refractivity contribution >= 4 is 17.3 Å². The van der Waals surface area contributed by atoms with Crippen molar-refractivity contribution in [3.05, 3.63) is 23.5 Å². The molecule has 0 aromatic heterocycles. The minimum absolute atomic E-state index is 0.111. The van der Waals surface area contributed by atoms with Gasteiger partial charge in [-0.05, 0) is 37.8 Å². The largest absolute Gasteiger partial charge is 0.478 e. The molecule has 1 aliphatic heterocycles. The van der Waals surface area contributed by atoms with Crippen molar-refractivity contribution in [1.29, 1.82) is 0 Å². The summed E-state index contributed by atoms with van der Waals surface area (Å²) in [6, 6.07) is 3.08. The normalized spacial score (nSPS) is 19.5. The highest BCUT2D eigenvalue weighted by molar-refractivity contribution is 6.00. The Morgan fingerprint density at radius 1 is 1.53 bits per heavy atom. The molecule has 1 fully saturated rings. The second-order valence-corrected chi connectivity index (χ2v) is 4.91. The van der Waals surface area contributed by atoms with Crippen LogP contribution in [0.2, 0.25) is 0 Å². The summed E-state index contributed by atoms with van der Waals surface area (Å²) >= 11 is 0. The van der Waals surface area contributed by atoms with E-state index < -0.39 is 11.8 Å². The number of benzene rings is 1. The molecule has 0 bridgehead atoms. The van der Waals surface area contributed by atoms with Crippen LogP contribution in [0, 0.1) is 5.82 Å². The summed E-state index contributed by atoms with van der Waals surface area (Å²) in [6.07, 6.45) is 4.14. The molecular formula is C14H19FN2O2. The van der Waals surface area contributed by atoms with Crippen molar-refractivity contribution in [1.82, 2.24) is 0 Å². The lowest BCUT2D eigenvalue weighted by Gasteiger charge is -2.38. The number of nitrogens with two attached hydrogens (primary N) is 1. The first-order chi connectivity index (χ1) is 9.06. The van der Waals surface area contributed by atoms with E-state index in [1.807, 2.05) is 0 Å². The number of hydrogen-bond acceptors (Lipinski definition) is 3. The highest BCUT2D eigenvalue weighted by Gasteiger charge is 2.27. The molecule has 1 aromatic carbocycles. The van der Waals surface area contributed by atoms with E-state index in [0.717, 1.165) is 32.2 Å². The van der Waals surface area contributed by atoms with Gasteiger partial charge in [-0.1, -0.05) is 6.92 Å². The van der Waals surface area contributed by atoms with E-state index in [-0.39, 0.29) is 11.3 Å². The first-order valence-corrected chi connectivity index (χ1v) is 6.64. The Morgan fingerprint density at radius 3 is 2.89 bits per heavy atom. The Bertz CT molecular complexity index is 491. The molecule has 1 saturated heterocycles. The average Bonchev–Trinajstić information content (AvgIpc) is 2.41. The molecule has 0 amide bonds. The second-order valence-electron chi connectivity index (χ2n) is 4.91. The monoisotopic (exact) mass is 266 g/mol. The maximum absolute atomic E-state index is 13.5. The van der Waals surface area contributed by atoms with E-state index in [0.29, 0.717) is 11.7 Å². The van der Waals surface area contributed by atoms with Gasteiger partial charge in [-0.25, -0.2) is 9.18 Å². The van der Waals surface area contributed by atoms with Gasteiger partial charge in [-0.15, -0.1) is 0 Å². The van der Waals surface area contributed by atoms with Crippen LogP contribution in [-0.4, -0.2) is 23.7 Å². The first kappa shape index (κ1) is 13.6. The number of carboxylic acid groups (broad SMARTS) is 1. The number of aromatic carboxylic acids is 1. The molecule has 1 unspecified atom stereocenters. The number of halogens is 1. The second kappa shape index (κ2) is 5.47. The Morgan fingerprint density at radius 2 is 2.26 bits per heavy atom. The van der Waals surface area contributed by atoms with Crippen molar-refractivity contribution in [2.75, 3.05) is 17.2 Å². The van der Waals surface area contributed by atoms with E-state index in [1.54, 1.807) is 0 Å². The summed E-state index contributed by atoms with van der Waals surface area (Å²) in [7, 11) is 0. The molecule has 0 aliphatic carbocycles. The van der Waals surface area contributed by atoms with E-state index >= 15 is 0 Å². The predicted octanol–water partition coefficient (Wildman–Crippen LogP) is 2.88. The van der Waals surface area contributed by atoms with Gasteiger partial charge in [0.2, 0.25) is 0 Å². The lowest BCUT2D eigenvalue weighted by Crippen LogP contribution is -2.40. The summed E-state index contributed by atoms with van der Waals surface area (Å²) in [6.45, 7) is 2.88. The number of anilines is 2. The van der Waals surface area contributed by atoms with Gasteiger partial charge in [-0.3, -0.25) is 0 Å². The maximum atomic E-state index is 13.5. The Labute approximate surface area is 112 Å². The van der Waals surface area contributed by atoms with E-state index in [9.17, 15) is 14.3 Å². The SMILES string of the molecule is CCC1CCCCN1c1ccc(F)c(N)c1C(=O)O. The minimum Gasteiger partial charge on any atom is -0.478 e. The molecule has 1 aromatic rings. The standard InChI is InChI=1S/C14H19FN2O2/c1-2-9-5-3-4-8-17(9)11-7-6-10(15)13(16)12(11)14(18)19/h6-7,9H,2-5,8,16H2,1H3,(H,18,19). The first-order valence-electron chi connectivity index (χ1n) is 6.64. The van der Waals surface area contributed by atoms with E-state index in [1.165, 1.54) is 12.1 Å². The molecule has 1 aliphatic rings. The number of piperidine rings is 1. The van der Waals surface area contributed by atoms with Crippen LogP contribution in [0.3, 0.4) is 0 Å². The lowest BCUT2D eigenvalue weighted by atomic mass is 9.97. The zero-order chi connectivity index (χ0) is 14.0. The van der Waals surface area contributed by atoms with Crippen LogP contribution in [0.4, 0.5) is 15.8 Å². The Hall–Kier alpha value is -1.78. The smallest absolute Gasteiger partial charge is 0.340 e. The number of rotatable bonds is 3. The lowest BCUT2D eigenvalue weighted by molar-refractivity contribution is 0.0698. The molecule has 0 radical (unpaired) electrons. The molecule has 1 atom stereocenters. The fraction of sp³-hybridized carbons (Fsp3) is 0.500. The molecule has 5 heteroatoms. The third-order valence-electron chi connectivity index (χ3n) is 3.79. The maximum Gasteiger partial charge on any atom is 0.340 e. The number of nitrogen functional groups attached to an aromatic ring is 1. The van der Waals surface area contributed by atoms with Gasteiger partial charge < -0.3 is 15.7 Å². The van der Waals surface area contributed by atoms with Crippen LogP contribution < -0.4 is 10.6 Å². The van der Waals surface area contributed by atoms with Gasteiger partial charge in [-0.2, -0.15) is 0 Å². The van der Waals surface area contributed by atoms with Crippen molar-refractivity contribution in [2.45, 2.75) is 38.6 Å². The van der Waals surface area contributed by atoms with Crippen molar-refractivity contribution in [2.24, 2.45) is 0 Å². The van der Waals surface area contributed by atoms with Gasteiger partial charge in [0, 0.05) is 12.6 Å². The van der Waals surface area contributed by atoms with Gasteiger partial charge in [0.1, 0.15) is 11.4 Å². The molecule has 104 valence electrons. The molecule has 0 spiro atoms. The van der Waals surface area contributed by atoms with E-state index in [4.69, 9.17) is 5.73 Å². The molecule has 1 heterocycles. The minimum atomic E-state index is -1.17. The molecule has 3 N–H and O–H groups in total. The van der Waals surface area contributed by atoms with Gasteiger partial charge in [0.25, 0.3) is 0 Å². The summed E-state index contributed by atoms with van der Waals surface area (Å²) in [5.41, 5.74) is 5.75. The van der Waals surface area contributed by atoms with Crippen LogP contribution >= 0.6 is 0 Å². The number of hydrogen-bond donors (Lipinski definition) is 2. The molecule has 0 saturated carbocycles. The molecule has 2 rings (SSSR count). The fourth-order valence-electron chi connectivity index (χ4n) is 2.79. The van der Waals surface area contributed by atoms with Crippen LogP contribution in [0.15, 0.2) is 12.1 Å². The fourth-order valence-corrected chi connectivity index (χ4v) is 2.79. The molecule has 19 heavy (non-hydrogen) atoms. The summed E-state index contributed by atoms with van der Waals surface area (Å²) in [5, 5.41) is 9.29. The topological polar surface area (TPSA) is 66.6 Å². The predicted molar refractivity (Wildman–Crippen MR) is 73.0 cm³/mol. The van der Waals surface area contributed by atoms with Gasteiger partial charge in [0.05, 0.1) is 11.4 Å². The molecule has 4 nitrogen and oxygen atoms in total. The summed E-state index contributed by atoms with van der Waals surface area (Å²) in [5.74, 6) is -1.85. The zero-order valence-electron chi connectivity index (χ0n) is 11.0. The van der Waals surface area contributed by atoms with Crippen molar-refractivity contribution < 1.29 is 14.3 Å². The zero-order valence-corrected chi connectivity index (χ0v) is 11.0. The van der Waals surface area contributed by atoms with Crippen LogP contribution in [0.1, 0.15) is 43.0 Å². The van der Waals surface area contributed by atoms with Crippen LogP contribution in [0.25, 0.3) is 0 Å². The summed E-state index contributed by atoms with van der Waals surface area (Å²) in [4.78, 5) is 13.4. The third-order valence-corrected chi connectivity index (χ3v) is 3.79. The van der Waals surface area contributed by atoms with Crippen molar-refractivity contribution in [3.63, 3.8) is 0 Å².